The zero-order valence-electron chi connectivity index (χ0n) is 14.2. The summed E-state index contributed by atoms with van der Waals surface area (Å²) in [5.74, 6) is -0.356. The molecule has 1 amide bonds. The lowest BCUT2D eigenvalue weighted by atomic mass is 10.2. The number of amides is 1. The van der Waals surface area contributed by atoms with Crippen LogP contribution in [0.2, 0.25) is 0 Å². The normalized spacial score (nSPS) is 14.2. The van der Waals surface area contributed by atoms with Crippen molar-refractivity contribution in [3.63, 3.8) is 0 Å². The molecule has 0 bridgehead atoms. The van der Waals surface area contributed by atoms with Crippen LogP contribution in [0.4, 0.5) is 18.9 Å². The molecule has 1 aromatic carbocycles. The second kappa shape index (κ2) is 7.37. The molecule has 2 aromatic rings. The Hall–Kier alpha value is -2.91. The number of aryl methyl sites for hydroxylation is 1. The average molecular weight is 382 g/mol. The third-order valence-corrected chi connectivity index (χ3v) is 4.25. The first kappa shape index (κ1) is 18.9. The van der Waals surface area contributed by atoms with Gasteiger partial charge in [0.1, 0.15) is 0 Å². The molecule has 1 aromatic heterocycles. The van der Waals surface area contributed by atoms with Crippen LogP contribution in [0.3, 0.4) is 0 Å². The number of hydrogen-bond donors (Lipinski definition) is 1. The van der Waals surface area contributed by atoms with Gasteiger partial charge in [0.25, 0.3) is 11.6 Å². The third kappa shape index (κ3) is 4.63. The maximum atomic E-state index is 12.9. The Balaban J connectivity index is 1.56. The van der Waals surface area contributed by atoms with Crippen molar-refractivity contribution in [2.75, 3.05) is 6.54 Å². The minimum atomic E-state index is -4.48. The lowest BCUT2D eigenvalue weighted by Crippen LogP contribution is -2.25. The lowest BCUT2D eigenvalue weighted by molar-refractivity contribution is -0.384. The van der Waals surface area contributed by atoms with E-state index < -0.39 is 22.7 Å². The summed E-state index contributed by atoms with van der Waals surface area (Å²) in [6.45, 7) is 0.462. The number of nitro groups is 1. The average Bonchev–Trinajstić information content (AvgIpc) is 3.37. The van der Waals surface area contributed by atoms with E-state index in [1.165, 1.54) is 28.9 Å². The fourth-order valence-electron chi connectivity index (χ4n) is 2.75. The Labute approximate surface area is 152 Å². The van der Waals surface area contributed by atoms with Gasteiger partial charge in [0.15, 0.2) is 5.69 Å². The van der Waals surface area contributed by atoms with Crippen molar-refractivity contribution in [1.82, 2.24) is 15.1 Å². The van der Waals surface area contributed by atoms with E-state index in [1.54, 1.807) is 0 Å². The van der Waals surface area contributed by atoms with Gasteiger partial charge in [0.05, 0.1) is 4.92 Å². The Morgan fingerprint density at radius 3 is 2.70 bits per heavy atom. The van der Waals surface area contributed by atoms with Gasteiger partial charge in [-0.2, -0.15) is 18.3 Å². The number of benzene rings is 1. The number of non-ortho nitro benzene ring substituents is 1. The summed E-state index contributed by atoms with van der Waals surface area (Å²) in [5, 5.41) is 17.0. The van der Waals surface area contributed by atoms with Crippen LogP contribution < -0.4 is 5.32 Å². The summed E-state index contributed by atoms with van der Waals surface area (Å²) in [6, 6.07) is 6.42. The first-order valence-electron chi connectivity index (χ1n) is 8.43. The van der Waals surface area contributed by atoms with E-state index in [1.807, 2.05) is 0 Å². The molecule has 1 fully saturated rings. The van der Waals surface area contributed by atoms with Gasteiger partial charge in [-0.05, 0) is 31.4 Å². The standard InChI is InChI=1S/C17H17F3N4O3/c18-17(19,20)15-10-14(11-5-6-11)23(22-15)8-2-7-21-16(25)12-3-1-4-13(9-12)24(26)27/h1,3-4,9-11H,2,5-8H2,(H,21,25). The molecule has 0 aliphatic heterocycles. The summed E-state index contributed by atoms with van der Waals surface area (Å²) in [5.41, 5.74) is -0.355. The largest absolute Gasteiger partial charge is 0.435 e. The van der Waals surface area contributed by atoms with Crippen LogP contribution in [0.15, 0.2) is 30.3 Å². The number of carbonyl (C=O) groups excluding carboxylic acids is 1. The first-order chi connectivity index (χ1) is 12.8. The first-order valence-corrected chi connectivity index (χ1v) is 8.43. The van der Waals surface area contributed by atoms with Gasteiger partial charge >= 0.3 is 6.18 Å². The Morgan fingerprint density at radius 1 is 1.33 bits per heavy atom. The van der Waals surface area contributed by atoms with Crippen molar-refractivity contribution in [3.05, 3.63) is 57.4 Å². The van der Waals surface area contributed by atoms with Crippen molar-refractivity contribution in [1.29, 1.82) is 0 Å². The molecule has 27 heavy (non-hydrogen) atoms. The van der Waals surface area contributed by atoms with E-state index in [2.05, 4.69) is 10.4 Å². The van der Waals surface area contributed by atoms with E-state index >= 15 is 0 Å². The van der Waals surface area contributed by atoms with Gasteiger partial charge < -0.3 is 5.32 Å². The number of halogens is 3. The fourth-order valence-corrected chi connectivity index (χ4v) is 2.75. The van der Waals surface area contributed by atoms with Crippen molar-refractivity contribution >= 4 is 11.6 Å². The molecular weight excluding hydrogens is 365 g/mol. The molecule has 0 radical (unpaired) electrons. The van der Waals surface area contributed by atoms with E-state index in [0.29, 0.717) is 12.1 Å². The van der Waals surface area contributed by atoms with E-state index in [4.69, 9.17) is 0 Å². The van der Waals surface area contributed by atoms with Crippen LogP contribution in [0.5, 0.6) is 0 Å². The molecule has 1 heterocycles. The van der Waals surface area contributed by atoms with Gasteiger partial charge in [-0.15, -0.1) is 0 Å². The number of nitrogens with zero attached hydrogens (tertiary/aromatic N) is 3. The van der Waals surface area contributed by atoms with Gasteiger partial charge in [0, 0.05) is 42.4 Å². The number of carbonyl (C=O) groups is 1. The van der Waals surface area contributed by atoms with Crippen LogP contribution in [-0.2, 0) is 12.7 Å². The lowest BCUT2D eigenvalue weighted by Gasteiger charge is -2.08. The molecule has 144 valence electrons. The van der Waals surface area contributed by atoms with E-state index in [-0.39, 0.29) is 30.3 Å². The van der Waals surface area contributed by atoms with Crippen LogP contribution in [0, 0.1) is 10.1 Å². The minimum absolute atomic E-state index is 0.119. The fraction of sp³-hybridized carbons (Fsp3) is 0.412. The van der Waals surface area contributed by atoms with Gasteiger partial charge in [0.2, 0.25) is 0 Å². The summed E-state index contributed by atoms with van der Waals surface area (Å²) in [7, 11) is 0. The highest BCUT2D eigenvalue weighted by Gasteiger charge is 2.37. The van der Waals surface area contributed by atoms with Crippen molar-refractivity contribution < 1.29 is 22.9 Å². The summed E-state index contributed by atoms with van der Waals surface area (Å²) < 4.78 is 39.9. The highest BCUT2D eigenvalue weighted by atomic mass is 19.4. The molecule has 0 saturated heterocycles. The number of alkyl halides is 3. The van der Waals surface area contributed by atoms with Gasteiger partial charge in [-0.25, -0.2) is 0 Å². The Kier molecular flexibility index (Phi) is 5.15. The summed E-state index contributed by atoms with van der Waals surface area (Å²) in [6.07, 6.45) is -2.39. The van der Waals surface area contributed by atoms with Crippen LogP contribution in [0.25, 0.3) is 0 Å². The van der Waals surface area contributed by atoms with Crippen molar-refractivity contribution in [3.8, 4) is 0 Å². The molecule has 0 atom stereocenters. The Bertz CT molecular complexity index is 859. The number of rotatable bonds is 7. The summed E-state index contributed by atoms with van der Waals surface area (Å²) >= 11 is 0. The molecular formula is C17H17F3N4O3. The SMILES string of the molecule is O=C(NCCCn1nc(C(F)(F)F)cc1C1CC1)c1cccc([N+](=O)[O-])c1. The highest BCUT2D eigenvalue weighted by molar-refractivity contribution is 5.94. The molecule has 0 spiro atoms. The Morgan fingerprint density at radius 2 is 2.07 bits per heavy atom. The zero-order chi connectivity index (χ0) is 19.6. The number of aromatic nitrogens is 2. The van der Waals surface area contributed by atoms with Crippen molar-refractivity contribution in [2.45, 2.75) is 37.9 Å². The van der Waals surface area contributed by atoms with Crippen LogP contribution in [0.1, 0.15) is 46.9 Å². The van der Waals surface area contributed by atoms with Gasteiger partial charge in [-0.3, -0.25) is 19.6 Å². The second-order valence-corrected chi connectivity index (χ2v) is 6.37. The second-order valence-electron chi connectivity index (χ2n) is 6.37. The van der Waals surface area contributed by atoms with Crippen LogP contribution in [-0.4, -0.2) is 27.2 Å². The number of nitrogens with one attached hydrogen (secondary N) is 1. The molecule has 7 nitrogen and oxygen atoms in total. The number of nitro benzene ring substituents is 1. The molecule has 10 heteroatoms. The molecule has 1 N–H and O–H groups in total. The quantitative estimate of drug-likeness (QED) is 0.451. The monoisotopic (exact) mass is 382 g/mol. The van der Waals surface area contributed by atoms with E-state index in [0.717, 1.165) is 18.9 Å². The zero-order valence-corrected chi connectivity index (χ0v) is 14.2. The molecule has 3 rings (SSSR count). The van der Waals surface area contributed by atoms with Gasteiger partial charge in [-0.1, -0.05) is 6.07 Å². The molecule has 1 aliphatic carbocycles. The topological polar surface area (TPSA) is 90.1 Å². The predicted octanol–water partition coefficient (Wildman–Crippen LogP) is 3.51. The summed E-state index contributed by atoms with van der Waals surface area (Å²) in [4.78, 5) is 22.2. The maximum Gasteiger partial charge on any atom is 0.435 e. The number of hydrogen-bond acceptors (Lipinski definition) is 4. The van der Waals surface area contributed by atoms with E-state index in [9.17, 15) is 28.1 Å². The minimum Gasteiger partial charge on any atom is -0.352 e. The molecule has 1 saturated carbocycles. The third-order valence-electron chi connectivity index (χ3n) is 4.25. The van der Waals surface area contributed by atoms with Crippen LogP contribution >= 0.6 is 0 Å². The highest BCUT2D eigenvalue weighted by Crippen LogP contribution is 2.42. The smallest absolute Gasteiger partial charge is 0.352 e. The van der Waals surface area contributed by atoms with Crippen molar-refractivity contribution in [2.24, 2.45) is 0 Å². The molecule has 1 aliphatic rings. The molecule has 0 unspecified atom stereocenters. The predicted molar refractivity (Wildman–Crippen MR) is 89.3 cm³/mol. The maximum absolute atomic E-state index is 12.9.